The third kappa shape index (κ3) is 1.37. The summed E-state index contributed by atoms with van der Waals surface area (Å²) in [5, 5.41) is 20.0. The van der Waals surface area contributed by atoms with Crippen molar-refractivity contribution in [3.8, 4) is 0 Å². The zero-order chi connectivity index (χ0) is 10.3. The van der Waals surface area contributed by atoms with Crippen LogP contribution >= 0.6 is 27.3 Å². The summed E-state index contributed by atoms with van der Waals surface area (Å²) in [7, 11) is 0. The maximum Gasteiger partial charge on any atom is 0.315 e. The molecule has 1 aliphatic rings. The fourth-order valence-corrected chi connectivity index (χ4v) is 2.82. The van der Waals surface area contributed by atoms with E-state index in [1.165, 1.54) is 11.3 Å². The lowest BCUT2D eigenvalue weighted by Gasteiger charge is -2.40. The smallest absolute Gasteiger partial charge is 0.315 e. The summed E-state index contributed by atoms with van der Waals surface area (Å²) < 4.78 is 0.675. The minimum atomic E-state index is -0.956. The monoisotopic (exact) mass is 277 g/mol. The van der Waals surface area contributed by atoms with E-state index in [-0.39, 0.29) is 12.8 Å². The van der Waals surface area contributed by atoms with Crippen molar-refractivity contribution < 1.29 is 15.0 Å². The number of carbonyl (C=O) groups is 1. The average molecular weight is 278 g/mol. The summed E-state index contributed by atoms with van der Waals surface area (Å²) in [5.74, 6) is -0.902. The molecule has 76 valence electrons. The first-order valence-electron chi connectivity index (χ1n) is 4.07. The van der Waals surface area contributed by atoms with Crippen LogP contribution in [0.1, 0.15) is 18.5 Å². The summed E-state index contributed by atoms with van der Waals surface area (Å²) >= 11 is 4.55. The summed E-state index contributed by atoms with van der Waals surface area (Å²) in [6.45, 7) is 0. The van der Waals surface area contributed by atoms with Crippen LogP contribution in [0.2, 0.25) is 0 Å². The zero-order valence-corrected chi connectivity index (χ0v) is 9.51. The minimum Gasteiger partial charge on any atom is -0.481 e. The van der Waals surface area contributed by atoms with Crippen molar-refractivity contribution in [1.82, 2.24) is 4.98 Å². The second-order valence-electron chi connectivity index (χ2n) is 3.44. The first-order chi connectivity index (χ1) is 6.54. The molecule has 1 heterocycles. The number of rotatable bonds is 2. The molecule has 0 aromatic carbocycles. The van der Waals surface area contributed by atoms with Gasteiger partial charge in [0.15, 0.2) is 3.92 Å². The van der Waals surface area contributed by atoms with Crippen LogP contribution in [-0.2, 0) is 10.2 Å². The van der Waals surface area contributed by atoms with E-state index in [9.17, 15) is 9.90 Å². The van der Waals surface area contributed by atoms with E-state index in [4.69, 9.17) is 5.11 Å². The van der Waals surface area contributed by atoms with Gasteiger partial charge in [0, 0.05) is 5.38 Å². The van der Waals surface area contributed by atoms with E-state index in [1.54, 1.807) is 5.38 Å². The van der Waals surface area contributed by atoms with Gasteiger partial charge in [-0.25, -0.2) is 4.98 Å². The Morgan fingerprint density at radius 3 is 2.71 bits per heavy atom. The number of aliphatic carboxylic acids is 1. The second-order valence-corrected chi connectivity index (χ2v) is 5.57. The largest absolute Gasteiger partial charge is 0.481 e. The number of thiazole rings is 1. The summed E-state index contributed by atoms with van der Waals surface area (Å²) in [6, 6.07) is 0. The van der Waals surface area contributed by atoms with E-state index in [0.717, 1.165) is 0 Å². The Kier molecular flexibility index (Phi) is 2.36. The van der Waals surface area contributed by atoms with E-state index in [1.807, 2.05) is 0 Å². The van der Waals surface area contributed by atoms with E-state index in [2.05, 4.69) is 20.9 Å². The van der Waals surface area contributed by atoms with Crippen LogP contribution in [0.15, 0.2) is 9.30 Å². The number of aliphatic hydroxyl groups excluding tert-OH is 1. The lowest BCUT2D eigenvalue weighted by atomic mass is 9.65. The molecule has 0 amide bonds. The topological polar surface area (TPSA) is 70.4 Å². The molecule has 2 rings (SSSR count). The van der Waals surface area contributed by atoms with Crippen molar-refractivity contribution in [2.75, 3.05) is 0 Å². The van der Waals surface area contributed by atoms with Gasteiger partial charge in [-0.05, 0) is 28.8 Å². The number of hydrogen-bond donors (Lipinski definition) is 2. The van der Waals surface area contributed by atoms with Crippen molar-refractivity contribution in [2.24, 2.45) is 0 Å². The third-order valence-electron chi connectivity index (χ3n) is 2.54. The quantitative estimate of drug-likeness (QED) is 0.857. The van der Waals surface area contributed by atoms with Gasteiger partial charge >= 0.3 is 5.97 Å². The van der Waals surface area contributed by atoms with Gasteiger partial charge in [-0.1, -0.05) is 0 Å². The van der Waals surface area contributed by atoms with Crippen molar-refractivity contribution in [1.29, 1.82) is 0 Å². The van der Waals surface area contributed by atoms with Gasteiger partial charge in [-0.3, -0.25) is 4.79 Å². The number of aliphatic hydroxyl groups is 1. The molecule has 0 unspecified atom stereocenters. The standard InChI is InChI=1S/C8H8BrNO3S/c9-7-10-5(3-14-7)8(6(12)13)1-4(11)2-8/h3-4,11H,1-2H2,(H,12,13). The van der Waals surface area contributed by atoms with Crippen molar-refractivity contribution in [2.45, 2.75) is 24.4 Å². The molecule has 14 heavy (non-hydrogen) atoms. The molecule has 0 bridgehead atoms. The number of carboxylic acids is 1. The van der Waals surface area contributed by atoms with E-state index < -0.39 is 17.5 Å². The Morgan fingerprint density at radius 2 is 2.36 bits per heavy atom. The van der Waals surface area contributed by atoms with Gasteiger partial charge in [0.2, 0.25) is 0 Å². The molecule has 0 aliphatic heterocycles. The number of halogens is 1. The third-order valence-corrected chi connectivity index (χ3v) is 3.91. The first-order valence-corrected chi connectivity index (χ1v) is 5.75. The van der Waals surface area contributed by atoms with Gasteiger partial charge in [0.1, 0.15) is 5.41 Å². The summed E-state index contributed by atoms with van der Waals surface area (Å²) in [5.41, 5.74) is -0.408. The predicted molar refractivity (Wildman–Crippen MR) is 54.4 cm³/mol. The Bertz CT molecular complexity index is 372. The first kappa shape index (κ1) is 10.1. The van der Waals surface area contributed by atoms with E-state index >= 15 is 0 Å². The maximum absolute atomic E-state index is 11.1. The molecule has 1 aromatic rings. The lowest BCUT2D eigenvalue weighted by Crippen LogP contribution is -2.50. The highest BCUT2D eigenvalue weighted by molar-refractivity contribution is 9.11. The maximum atomic E-state index is 11.1. The Hall–Kier alpha value is -0.460. The molecule has 1 saturated carbocycles. The van der Waals surface area contributed by atoms with Gasteiger partial charge < -0.3 is 10.2 Å². The molecular formula is C8H8BrNO3S. The highest BCUT2D eigenvalue weighted by Gasteiger charge is 2.52. The fraction of sp³-hybridized carbons (Fsp3) is 0.500. The van der Waals surface area contributed by atoms with Crippen LogP contribution in [-0.4, -0.2) is 27.3 Å². The number of hydrogen-bond acceptors (Lipinski definition) is 4. The summed E-state index contributed by atoms with van der Waals surface area (Å²) in [6.07, 6.45) is 0.0170. The summed E-state index contributed by atoms with van der Waals surface area (Å²) in [4.78, 5) is 15.2. The minimum absolute atomic E-state index is 0.262. The lowest BCUT2D eigenvalue weighted by molar-refractivity contribution is -0.153. The molecule has 4 nitrogen and oxygen atoms in total. The average Bonchev–Trinajstić information content (AvgIpc) is 2.45. The molecule has 0 spiro atoms. The van der Waals surface area contributed by atoms with Gasteiger partial charge in [-0.15, -0.1) is 11.3 Å². The molecule has 0 atom stereocenters. The van der Waals surface area contributed by atoms with Crippen LogP contribution < -0.4 is 0 Å². The Labute approximate surface area is 92.7 Å². The van der Waals surface area contributed by atoms with Crippen molar-refractivity contribution in [3.63, 3.8) is 0 Å². The number of carboxylic acid groups (broad SMARTS) is 1. The molecule has 1 aliphatic carbocycles. The van der Waals surface area contributed by atoms with Gasteiger partial charge in [0.05, 0.1) is 11.8 Å². The van der Waals surface area contributed by atoms with Crippen LogP contribution in [0, 0.1) is 0 Å². The molecule has 0 saturated heterocycles. The SMILES string of the molecule is O=C(O)C1(c2csc(Br)n2)CC(O)C1. The zero-order valence-electron chi connectivity index (χ0n) is 7.11. The Balaban J connectivity index is 2.34. The molecular weight excluding hydrogens is 270 g/mol. The Morgan fingerprint density at radius 1 is 1.71 bits per heavy atom. The molecule has 6 heteroatoms. The van der Waals surface area contributed by atoms with Gasteiger partial charge in [0.25, 0.3) is 0 Å². The van der Waals surface area contributed by atoms with Crippen LogP contribution in [0.25, 0.3) is 0 Å². The number of aromatic nitrogens is 1. The molecule has 2 N–H and O–H groups in total. The van der Waals surface area contributed by atoms with Gasteiger partial charge in [-0.2, -0.15) is 0 Å². The van der Waals surface area contributed by atoms with Crippen LogP contribution in [0.3, 0.4) is 0 Å². The van der Waals surface area contributed by atoms with Crippen molar-refractivity contribution >= 4 is 33.2 Å². The second kappa shape index (κ2) is 3.29. The predicted octanol–water partition coefficient (Wildman–Crippen LogP) is 1.38. The molecule has 1 fully saturated rings. The van der Waals surface area contributed by atoms with Crippen molar-refractivity contribution in [3.05, 3.63) is 15.0 Å². The normalized spacial score (nSPS) is 31.1. The highest BCUT2D eigenvalue weighted by Crippen LogP contribution is 2.44. The highest BCUT2D eigenvalue weighted by atomic mass is 79.9. The van der Waals surface area contributed by atoms with E-state index in [0.29, 0.717) is 9.61 Å². The fourth-order valence-electron chi connectivity index (χ4n) is 1.71. The molecule has 1 aromatic heterocycles. The molecule has 0 radical (unpaired) electrons. The van der Waals surface area contributed by atoms with Crippen LogP contribution in [0.5, 0.6) is 0 Å². The van der Waals surface area contributed by atoms with Crippen LogP contribution in [0.4, 0.5) is 0 Å². The number of nitrogens with zero attached hydrogens (tertiary/aromatic N) is 1.